The monoisotopic (exact) mass is 438 g/mol. The number of amides is 2. The Morgan fingerprint density at radius 2 is 1.63 bits per heavy atom. The zero-order valence-corrected chi connectivity index (χ0v) is 15.7. The molecule has 5 nitrogen and oxygen atoms in total. The second kappa shape index (κ2) is 7.99. The zero-order valence-electron chi connectivity index (χ0n) is 15.7. The number of rotatable bonds is 4. The zero-order chi connectivity index (χ0) is 22.2. The Kier molecular flexibility index (Phi) is 5.92. The number of benzene rings is 1. The van der Waals surface area contributed by atoms with Crippen LogP contribution < -0.4 is 5.32 Å². The molecule has 1 aromatic carbocycles. The van der Waals surface area contributed by atoms with Crippen molar-refractivity contribution < 1.29 is 40.7 Å². The van der Waals surface area contributed by atoms with Crippen molar-refractivity contribution >= 4 is 12.0 Å². The topological polar surface area (TPSA) is 58.6 Å². The van der Waals surface area contributed by atoms with Gasteiger partial charge >= 0.3 is 18.4 Å². The van der Waals surface area contributed by atoms with E-state index in [9.17, 15) is 35.9 Å². The van der Waals surface area contributed by atoms with Gasteiger partial charge in [-0.2, -0.15) is 26.3 Å². The quantitative estimate of drug-likeness (QED) is 0.723. The Bertz CT molecular complexity index is 759. The maximum absolute atomic E-state index is 12.6. The van der Waals surface area contributed by atoms with Crippen LogP contribution in [-0.2, 0) is 16.1 Å². The summed E-state index contributed by atoms with van der Waals surface area (Å²) in [4.78, 5) is 25.0. The molecular formula is C19H20F6N2O3. The summed E-state index contributed by atoms with van der Waals surface area (Å²) < 4.78 is 79.0. The molecule has 0 aromatic heterocycles. The van der Waals surface area contributed by atoms with Crippen LogP contribution in [0.2, 0.25) is 0 Å². The summed E-state index contributed by atoms with van der Waals surface area (Å²) >= 11 is 0. The normalized spacial score (nSPS) is 20.9. The minimum absolute atomic E-state index is 0.0657. The lowest BCUT2D eigenvalue weighted by atomic mass is 9.91. The van der Waals surface area contributed by atoms with Crippen molar-refractivity contribution in [1.29, 1.82) is 0 Å². The van der Waals surface area contributed by atoms with E-state index in [-0.39, 0.29) is 30.3 Å². The Morgan fingerprint density at radius 1 is 1.07 bits per heavy atom. The van der Waals surface area contributed by atoms with Gasteiger partial charge in [0.05, 0.1) is 0 Å². The molecule has 30 heavy (non-hydrogen) atoms. The van der Waals surface area contributed by atoms with Crippen LogP contribution in [-0.4, -0.2) is 48.4 Å². The fourth-order valence-electron chi connectivity index (χ4n) is 3.81. The van der Waals surface area contributed by atoms with E-state index in [2.05, 4.69) is 10.1 Å². The van der Waals surface area contributed by atoms with Crippen molar-refractivity contribution in [2.75, 3.05) is 13.1 Å². The molecule has 1 aromatic rings. The van der Waals surface area contributed by atoms with Gasteiger partial charge in [0, 0.05) is 25.6 Å². The number of nitrogens with zero attached hydrogens (tertiary/aromatic N) is 1. The van der Waals surface area contributed by atoms with E-state index in [4.69, 9.17) is 0 Å². The molecule has 1 atom stereocenters. The van der Waals surface area contributed by atoms with Crippen molar-refractivity contribution in [2.24, 2.45) is 11.3 Å². The van der Waals surface area contributed by atoms with Crippen molar-refractivity contribution in [3.8, 4) is 0 Å². The van der Waals surface area contributed by atoms with Crippen LogP contribution in [0.15, 0.2) is 30.3 Å². The molecule has 2 amide bonds. The Morgan fingerprint density at radius 3 is 2.17 bits per heavy atom. The third-order valence-corrected chi connectivity index (χ3v) is 5.65. The van der Waals surface area contributed by atoms with Gasteiger partial charge in [-0.15, -0.1) is 0 Å². The van der Waals surface area contributed by atoms with Gasteiger partial charge in [0.1, 0.15) is 0 Å². The van der Waals surface area contributed by atoms with E-state index in [1.165, 1.54) is 0 Å². The van der Waals surface area contributed by atoms with E-state index in [0.29, 0.717) is 25.8 Å². The highest BCUT2D eigenvalue weighted by molar-refractivity contribution is 5.82. The fraction of sp³-hybridized carbons (Fsp3) is 0.579. The number of hydrogen-bond acceptors (Lipinski definition) is 3. The molecule has 1 saturated heterocycles. The van der Waals surface area contributed by atoms with Crippen LogP contribution in [0.4, 0.5) is 31.1 Å². The first-order chi connectivity index (χ1) is 13.9. The molecule has 1 heterocycles. The minimum Gasteiger partial charge on any atom is -0.426 e. The lowest BCUT2D eigenvalue weighted by Gasteiger charge is -2.33. The number of halogens is 6. The highest BCUT2D eigenvalue weighted by atomic mass is 19.4. The smallest absolute Gasteiger partial charge is 0.426 e. The highest BCUT2D eigenvalue weighted by Crippen LogP contribution is 2.59. The summed E-state index contributed by atoms with van der Waals surface area (Å²) in [5, 5.41) is 2.83. The SMILES string of the molecule is O=C(NCc1ccccc1)[C@@H]1CC12CCN(C(=O)OC(C(F)(F)F)C(F)(F)F)CC2. The van der Waals surface area contributed by atoms with Gasteiger partial charge in [-0.05, 0) is 30.2 Å². The second-order valence-corrected chi connectivity index (χ2v) is 7.66. The predicted octanol–water partition coefficient (Wildman–Crippen LogP) is 4.03. The Labute approximate surface area is 168 Å². The molecule has 3 rings (SSSR count). The number of ether oxygens (including phenoxy) is 1. The Hall–Kier alpha value is -2.46. The van der Waals surface area contributed by atoms with E-state index in [1.807, 2.05) is 30.3 Å². The standard InChI is InChI=1S/C19H20F6N2O3/c20-18(21,22)15(19(23,24)25)30-16(29)27-8-6-17(7-9-27)10-13(17)14(28)26-11-12-4-2-1-3-5-12/h1-5,13,15H,6-11H2,(H,26,28)/t13-/m0/s1. The molecule has 2 aliphatic rings. The van der Waals surface area contributed by atoms with Crippen LogP contribution >= 0.6 is 0 Å². The average Bonchev–Trinajstić information content (AvgIpc) is 3.37. The molecule has 1 N–H and O–H groups in total. The van der Waals surface area contributed by atoms with Crippen molar-refractivity contribution in [2.45, 2.75) is 44.3 Å². The summed E-state index contributed by atoms with van der Waals surface area (Å²) in [5.41, 5.74) is 0.562. The number of carbonyl (C=O) groups excluding carboxylic acids is 2. The summed E-state index contributed by atoms with van der Waals surface area (Å²) in [6, 6.07) is 9.27. The lowest BCUT2D eigenvalue weighted by molar-refractivity contribution is -0.308. The van der Waals surface area contributed by atoms with E-state index in [1.54, 1.807) is 0 Å². The summed E-state index contributed by atoms with van der Waals surface area (Å²) in [7, 11) is 0. The summed E-state index contributed by atoms with van der Waals surface area (Å²) in [6.07, 6.45) is -16.1. The van der Waals surface area contributed by atoms with Crippen LogP contribution in [0.5, 0.6) is 0 Å². The van der Waals surface area contributed by atoms with E-state index < -0.39 is 24.5 Å². The van der Waals surface area contributed by atoms with Crippen molar-refractivity contribution in [3.63, 3.8) is 0 Å². The average molecular weight is 438 g/mol. The first-order valence-corrected chi connectivity index (χ1v) is 9.33. The van der Waals surface area contributed by atoms with Crippen LogP contribution in [0.25, 0.3) is 0 Å². The molecule has 0 unspecified atom stereocenters. The number of nitrogens with one attached hydrogen (secondary N) is 1. The summed E-state index contributed by atoms with van der Waals surface area (Å²) in [6.45, 7) is 0.231. The van der Waals surface area contributed by atoms with E-state index >= 15 is 0 Å². The third kappa shape index (κ3) is 4.99. The molecule has 2 fully saturated rings. The van der Waals surface area contributed by atoms with Crippen molar-refractivity contribution in [3.05, 3.63) is 35.9 Å². The molecule has 0 bridgehead atoms. The number of likely N-dealkylation sites (tertiary alicyclic amines) is 1. The molecule has 0 radical (unpaired) electrons. The van der Waals surface area contributed by atoms with Gasteiger partial charge in [0.15, 0.2) is 0 Å². The Balaban J connectivity index is 1.49. The van der Waals surface area contributed by atoms with Gasteiger partial charge in [-0.1, -0.05) is 30.3 Å². The fourth-order valence-corrected chi connectivity index (χ4v) is 3.81. The lowest BCUT2D eigenvalue weighted by Crippen LogP contribution is -2.49. The molecular weight excluding hydrogens is 418 g/mol. The van der Waals surface area contributed by atoms with E-state index in [0.717, 1.165) is 10.5 Å². The largest absolute Gasteiger partial charge is 0.434 e. The third-order valence-electron chi connectivity index (χ3n) is 5.65. The van der Waals surface area contributed by atoms with Gasteiger partial charge < -0.3 is 15.0 Å². The number of alkyl halides is 6. The molecule has 1 saturated carbocycles. The number of piperidine rings is 1. The summed E-state index contributed by atoms with van der Waals surface area (Å²) in [5.74, 6) is -0.429. The van der Waals surface area contributed by atoms with Gasteiger partial charge in [-0.25, -0.2) is 4.79 Å². The van der Waals surface area contributed by atoms with Crippen molar-refractivity contribution in [1.82, 2.24) is 10.2 Å². The maximum atomic E-state index is 12.6. The molecule has 1 spiro atoms. The molecule has 1 aliphatic carbocycles. The molecule has 1 aliphatic heterocycles. The number of carbonyl (C=O) groups is 2. The second-order valence-electron chi connectivity index (χ2n) is 7.66. The first kappa shape index (κ1) is 22.2. The molecule has 11 heteroatoms. The van der Waals surface area contributed by atoms with Gasteiger partial charge in [-0.3, -0.25) is 4.79 Å². The molecule has 166 valence electrons. The van der Waals surface area contributed by atoms with Gasteiger partial charge in [0.2, 0.25) is 5.91 Å². The van der Waals surface area contributed by atoms with Crippen LogP contribution in [0.1, 0.15) is 24.8 Å². The number of hydrogen-bond donors (Lipinski definition) is 1. The predicted molar refractivity (Wildman–Crippen MR) is 92.0 cm³/mol. The first-order valence-electron chi connectivity index (χ1n) is 9.33. The van der Waals surface area contributed by atoms with Gasteiger partial charge in [0.25, 0.3) is 6.10 Å². The minimum atomic E-state index is -5.75. The van der Waals surface area contributed by atoms with Crippen LogP contribution in [0.3, 0.4) is 0 Å². The highest BCUT2D eigenvalue weighted by Gasteiger charge is 2.61. The maximum Gasteiger partial charge on any atom is 0.434 e. The van der Waals surface area contributed by atoms with Crippen LogP contribution in [0, 0.1) is 11.3 Å².